The maximum Gasteiger partial charge on any atom is 0.333 e. The number of aromatic nitrogens is 3. The van der Waals surface area contributed by atoms with Gasteiger partial charge in [0.05, 0.1) is 30.0 Å². The van der Waals surface area contributed by atoms with Crippen LogP contribution in [0.1, 0.15) is 18.3 Å². The maximum absolute atomic E-state index is 12.2. The monoisotopic (exact) mass is 400 g/mol. The Hall–Kier alpha value is -3.14. The molecule has 1 aromatic heterocycles. The van der Waals surface area contributed by atoms with Crippen molar-refractivity contribution in [2.45, 2.75) is 20.4 Å². The number of thioether (sulfide) groups is 1. The van der Waals surface area contributed by atoms with Crippen molar-refractivity contribution in [3.63, 3.8) is 0 Å². The van der Waals surface area contributed by atoms with Crippen LogP contribution in [-0.4, -0.2) is 44.1 Å². The summed E-state index contributed by atoms with van der Waals surface area (Å²) < 4.78 is 4.91. The Balaban J connectivity index is 1.79. The van der Waals surface area contributed by atoms with Crippen LogP contribution < -0.4 is 11.1 Å². The molecule has 9 nitrogen and oxygen atoms in total. The number of carbonyl (C=O) groups is 2. The number of esters is 1. The molecule has 0 bridgehead atoms. The fourth-order valence-electron chi connectivity index (χ4n) is 2.46. The van der Waals surface area contributed by atoms with E-state index in [1.165, 1.54) is 22.7 Å². The number of aryl methyl sites for hydroxylation is 1. The fraction of sp³-hybridized carbons (Fsp3) is 0.278. The minimum absolute atomic E-state index is 0.0369. The quantitative estimate of drug-likeness (QED) is 0.553. The molecule has 0 aliphatic carbocycles. The predicted octanol–water partition coefficient (Wildman–Crippen LogP) is 1.99. The SMILES string of the molecule is CCOC(=O)/C=C1\SCC(=O)N1Cc1nc(N)nc(Nc2ccc(C)cc2)n1. The second-order valence-electron chi connectivity index (χ2n) is 5.93. The van der Waals surface area contributed by atoms with E-state index in [4.69, 9.17) is 10.5 Å². The van der Waals surface area contributed by atoms with E-state index < -0.39 is 5.97 Å². The first-order valence-corrected chi connectivity index (χ1v) is 9.59. The van der Waals surface area contributed by atoms with E-state index in [0.29, 0.717) is 10.9 Å². The highest BCUT2D eigenvalue weighted by atomic mass is 32.2. The lowest BCUT2D eigenvalue weighted by Crippen LogP contribution is -2.26. The summed E-state index contributed by atoms with van der Waals surface area (Å²) in [6.45, 7) is 4.05. The van der Waals surface area contributed by atoms with Crippen LogP contribution in [0.3, 0.4) is 0 Å². The Morgan fingerprint density at radius 3 is 2.79 bits per heavy atom. The zero-order valence-corrected chi connectivity index (χ0v) is 16.3. The average molecular weight is 400 g/mol. The van der Waals surface area contributed by atoms with E-state index in [2.05, 4.69) is 20.3 Å². The molecule has 0 saturated carbocycles. The molecule has 10 heteroatoms. The normalized spacial score (nSPS) is 15.1. The topological polar surface area (TPSA) is 123 Å². The second-order valence-corrected chi connectivity index (χ2v) is 6.92. The average Bonchev–Trinajstić information content (AvgIpc) is 2.97. The lowest BCUT2D eigenvalue weighted by Gasteiger charge is -2.16. The van der Waals surface area contributed by atoms with Gasteiger partial charge in [0.15, 0.2) is 5.82 Å². The standard InChI is InChI=1S/C18H20N6O3S/c1-3-27-16(26)8-15-24(14(25)10-28-15)9-13-21-17(19)23-18(22-13)20-12-6-4-11(2)5-7-12/h4-8H,3,9-10H2,1-2H3,(H3,19,20,21,22,23)/b15-8-. The lowest BCUT2D eigenvalue weighted by atomic mass is 10.2. The van der Waals surface area contributed by atoms with Gasteiger partial charge in [-0.2, -0.15) is 15.0 Å². The molecule has 2 heterocycles. The number of hydrogen-bond acceptors (Lipinski definition) is 9. The number of nitrogens with two attached hydrogens (primary N) is 1. The summed E-state index contributed by atoms with van der Waals surface area (Å²) in [6.07, 6.45) is 1.30. The van der Waals surface area contributed by atoms with Gasteiger partial charge in [0.2, 0.25) is 17.8 Å². The van der Waals surface area contributed by atoms with Crippen molar-refractivity contribution >= 4 is 41.2 Å². The molecule has 0 unspecified atom stereocenters. The maximum atomic E-state index is 12.2. The number of carbonyl (C=O) groups excluding carboxylic acids is 2. The third-order valence-electron chi connectivity index (χ3n) is 3.74. The minimum atomic E-state index is -0.499. The van der Waals surface area contributed by atoms with E-state index in [1.54, 1.807) is 6.92 Å². The van der Waals surface area contributed by atoms with Crippen molar-refractivity contribution < 1.29 is 14.3 Å². The van der Waals surface area contributed by atoms with E-state index in [9.17, 15) is 9.59 Å². The molecule has 1 fully saturated rings. The molecule has 2 aromatic rings. The van der Waals surface area contributed by atoms with Gasteiger partial charge in [0, 0.05) is 5.69 Å². The van der Waals surface area contributed by atoms with Crippen LogP contribution in [0.15, 0.2) is 35.4 Å². The highest BCUT2D eigenvalue weighted by Gasteiger charge is 2.28. The highest BCUT2D eigenvalue weighted by Crippen LogP contribution is 2.30. The number of nitrogens with one attached hydrogen (secondary N) is 1. The Morgan fingerprint density at radius 2 is 2.07 bits per heavy atom. The molecule has 1 aromatic carbocycles. The van der Waals surface area contributed by atoms with Crippen LogP contribution in [0.5, 0.6) is 0 Å². The van der Waals surface area contributed by atoms with Gasteiger partial charge in [-0.05, 0) is 26.0 Å². The molecule has 0 atom stereocenters. The molecule has 1 aliphatic heterocycles. The molecule has 3 N–H and O–H groups in total. The molecule has 1 aliphatic rings. The van der Waals surface area contributed by atoms with E-state index in [0.717, 1.165) is 11.3 Å². The number of hydrogen-bond donors (Lipinski definition) is 2. The molecular weight excluding hydrogens is 380 g/mol. The van der Waals surface area contributed by atoms with Crippen molar-refractivity contribution in [3.05, 3.63) is 46.8 Å². The van der Waals surface area contributed by atoms with E-state index >= 15 is 0 Å². The molecule has 0 spiro atoms. The number of ether oxygens (including phenoxy) is 1. The second kappa shape index (κ2) is 8.70. The molecular formula is C18H20N6O3S. The first-order valence-electron chi connectivity index (χ1n) is 8.60. The van der Waals surface area contributed by atoms with Crippen molar-refractivity contribution in [1.29, 1.82) is 0 Å². The molecule has 0 radical (unpaired) electrons. The zero-order chi connectivity index (χ0) is 20.1. The summed E-state index contributed by atoms with van der Waals surface area (Å²) >= 11 is 1.26. The minimum Gasteiger partial charge on any atom is -0.463 e. The summed E-state index contributed by atoms with van der Waals surface area (Å²) in [4.78, 5) is 37.9. The van der Waals surface area contributed by atoms with Gasteiger partial charge in [-0.3, -0.25) is 9.69 Å². The van der Waals surface area contributed by atoms with Gasteiger partial charge in [0.1, 0.15) is 0 Å². The number of amides is 1. The summed E-state index contributed by atoms with van der Waals surface area (Å²) in [5, 5.41) is 3.56. The van der Waals surface area contributed by atoms with Crippen molar-refractivity contribution in [2.24, 2.45) is 0 Å². The van der Waals surface area contributed by atoms with Crippen molar-refractivity contribution in [3.8, 4) is 0 Å². The summed E-state index contributed by atoms with van der Waals surface area (Å²) in [6, 6.07) is 7.71. The third kappa shape index (κ3) is 4.97. The molecule has 1 saturated heterocycles. The molecule has 28 heavy (non-hydrogen) atoms. The van der Waals surface area contributed by atoms with Crippen LogP contribution in [0.2, 0.25) is 0 Å². The molecule has 3 rings (SSSR count). The first kappa shape index (κ1) is 19.6. The van der Waals surface area contributed by atoms with Crippen LogP contribution in [0, 0.1) is 6.92 Å². The smallest absolute Gasteiger partial charge is 0.333 e. The van der Waals surface area contributed by atoms with Crippen LogP contribution in [-0.2, 0) is 20.9 Å². The molecule has 1 amide bonds. The lowest BCUT2D eigenvalue weighted by molar-refractivity contribution is -0.137. The predicted molar refractivity (Wildman–Crippen MR) is 106 cm³/mol. The number of nitrogen functional groups attached to an aromatic ring is 1. The largest absolute Gasteiger partial charge is 0.463 e. The Labute approximate surface area is 166 Å². The van der Waals surface area contributed by atoms with Crippen molar-refractivity contribution in [2.75, 3.05) is 23.4 Å². The van der Waals surface area contributed by atoms with E-state index in [-0.39, 0.29) is 36.7 Å². The zero-order valence-electron chi connectivity index (χ0n) is 15.5. The Kier molecular flexibility index (Phi) is 6.09. The van der Waals surface area contributed by atoms with Gasteiger partial charge >= 0.3 is 5.97 Å². The van der Waals surface area contributed by atoms with Gasteiger partial charge in [-0.25, -0.2) is 4.79 Å². The summed E-state index contributed by atoms with van der Waals surface area (Å²) in [7, 11) is 0. The number of anilines is 3. The van der Waals surface area contributed by atoms with Crippen LogP contribution in [0.4, 0.5) is 17.6 Å². The Bertz CT molecular complexity index is 916. The molecule has 146 valence electrons. The Morgan fingerprint density at radius 1 is 1.32 bits per heavy atom. The fourth-order valence-corrected chi connectivity index (χ4v) is 3.39. The van der Waals surface area contributed by atoms with Crippen LogP contribution in [0.25, 0.3) is 0 Å². The number of benzene rings is 1. The van der Waals surface area contributed by atoms with Crippen LogP contribution >= 0.6 is 11.8 Å². The number of nitrogens with zero attached hydrogens (tertiary/aromatic N) is 4. The summed E-state index contributed by atoms with van der Waals surface area (Å²) in [5.74, 6) is 0.221. The highest BCUT2D eigenvalue weighted by molar-refractivity contribution is 8.04. The first-order chi connectivity index (χ1) is 13.4. The van der Waals surface area contributed by atoms with Gasteiger partial charge in [-0.15, -0.1) is 0 Å². The summed E-state index contributed by atoms with van der Waals surface area (Å²) in [5.41, 5.74) is 7.74. The van der Waals surface area contributed by atoms with Gasteiger partial charge < -0.3 is 15.8 Å². The van der Waals surface area contributed by atoms with Gasteiger partial charge in [-0.1, -0.05) is 29.5 Å². The van der Waals surface area contributed by atoms with Gasteiger partial charge in [0.25, 0.3) is 0 Å². The third-order valence-corrected chi connectivity index (χ3v) is 4.77. The van der Waals surface area contributed by atoms with Crippen molar-refractivity contribution in [1.82, 2.24) is 19.9 Å². The number of rotatable bonds is 6. The van der Waals surface area contributed by atoms with E-state index in [1.807, 2.05) is 31.2 Å².